The van der Waals surface area contributed by atoms with Crippen molar-refractivity contribution in [3.63, 3.8) is 0 Å². The molecule has 2 amide bonds. The highest BCUT2D eigenvalue weighted by Crippen LogP contribution is 2.21. The van der Waals surface area contributed by atoms with E-state index in [1.165, 1.54) is 6.26 Å². The minimum atomic E-state index is -0.271. The maximum Gasteiger partial charge on any atom is 0.286 e. The second-order valence-electron chi connectivity index (χ2n) is 6.16. The van der Waals surface area contributed by atoms with Crippen molar-refractivity contribution in [3.8, 4) is 0 Å². The molecule has 3 aromatic rings. The summed E-state index contributed by atoms with van der Waals surface area (Å²) in [5.41, 5.74) is 2.06. The minimum absolute atomic E-state index is 0.0556. The van der Waals surface area contributed by atoms with Gasteiger partial charge in [0.05, 0.1) is 12.3 Å². The average Bonchev–Trinajstić information content (AvgIpc) is 3.25. The van der Waals surface area contributed by atoms with E-state index in [0.717, 1.165) is 11.1 Å². The van der Waals surface area contributed by atoms with Crippen LogP contribution < -0.4 is 10.6 Å². The Labute approximate surface area is 158 Å². The van der Waals surface area contributed by atoms with E-state index in [4.69, 9.17) is 4.42 Å². The van der Waals surface area contributed by atoms with Crippen LogP contribution in [-0.2, 0) is 4.79 Å². The van der Waals surface area contributed by atoms with Crippen LogP contribution in [0.5, 0.6) is 0 Å². The van der Waals surface area contributed by atoms with E-state index in [-0.39, 0.29) is 23.6 Å². The molecular formula is C22H22N2O3. The zero-order chi connectivity index (χ0) is 18.9. The molecule has 2 N–H and O–H groups in total. The summed E-state index contributed by atoms with van der Waals surface area (Å²) in [5, 5.41) is 5.84. The molecule has 0 fully saturated rings. The second kappa shape index (κ2) is 9.38. The predicted molar refractivity (Wildman–Crippen MR) is 103 cm³/mol. The predicted octanol–water partition coefficient (Wildman–Crippen LogP) is 3.70. The number of carbonyl (C=O) groups is 2. The molecule has 0 aliphatic carbocycles. The first kappa shape index (κ1) is 18.5. The van der Waals surface area contributed by atoms with Crippen LogP contribution in [0.1, 0.15) is 40.6 Å². The van der Waals surface area contributed by atoms with Crippen LogP contribution in [0.25, 0.3) is 0 Å². The summed E-state index contributed by atoms with van der Waals surface area (Å²) in [5.74, 6) is -0.0560. The molecule has 1 heterocycles. The number of furan rings is 1. The highest BCUT2D eigenvalue weighted by atomic mass is 16.3. The Hall–Kier alpha value is -3.34. The number of rotatable bonds is 8. The molecule has 5 nitrogen and oxygen atoms in total. The number of benzene rings is 2. The highest BCUT2D eigenvalue weighted by Gasteiger charge is 2.16. The lowest BCUT2D eigenvalue weighted by Crippen LogP contribution is -2.30. The molecule has 0 aliphatic rings. The second-order valence-corrected chi connectivity index (χ2v) is 6.16. The summed E-state index contributed by atoms with van der Waals surface area (Å²) in [4.78, 5) is 24.2. The molecule has 0 spiro atoms. The number of hydrogen-bond acceptors (Lipinski definition) is 3. The normalized spacial score (nSPS) is 10.6. The molecule has 138 valence electrons. The van der Waals surface area contributed by atoms with Crippen LogP contribution in [-0.4, -0.2) is 18.4 Å². The molecule has 0 saturated carbocycles. The van der Waals surface area contributed by atoms with E-state index in [1.54, 1.807) is 12.1 Å². The van der Waals surface area contributed by atoms with Gasteiger partial charge in [0.15, 0.2) is 5.76 Å². The molecule has 27 heavy (non-hydrogen) atoms. The molecule has 0 saturated heterocycles. The lowest BCUT2D eigenvalue weighted by molar-refractivity contribution is -0.121. The van der Waals surface area contributed by atoms with Gasteiger partial charge in [0, 0.05) is 13.0 Å². The maximum absolute atomic E-state index is 12.4. The third kappa shape index (κ3) is 5.31. The Morgan fingerprint density at radius 1 is 0.852 bits per heavy atom. The van der Waals surface area contributed by atoms with E-state index in [2.05, 4.69) is 10.6 Å². The summed E-state index contributed by atoms with van der Waals surface area (Å²) < 4.78 is 5.03. The quantitative estimate of drug-likeness (QED) is 0.600. The molecule has 0 aliphatic heterocycles. The number of nitrogens with one attached hydrogen (secondary N) is 2. The van der Waals surface area contributed by atoms with Gasteiger partial charge in [-0.25, -0.2) is 0 Å². The molecule has 3 rings (SSSR count). The maximum atomic E-state index is 12.4. The molecule has 0 bridgehead atoms. The van der Waals surface area contributed by atoms with Crippen molar-refractivity contribution < 1.29 is 14.0 Å². The molecule has 0 unspecified atom stereocenters. The SMILES string of the molecule is O=C(CCCNC(=O)c1ccco1)NC(c1ccccc1)c1ccccc1. The van der Waals surface area contributed by atoms with Crippen LogP contribution >= 0.6 is 0 Å². The number of hydrogen-bond donors (Lipinski definition) is 2. The van der Waals surface area contributed by atoms with Gasteiger partial charge >= 0.3 is 0 Å². The Bertz CT molecular complexity index is 806. The summed E-state index contributed by atoms with van der Waals surface area (Å²) >= 11 is 0. The minimum Gasteiger partial charge on any atom is -0.459 e. The van der Waals surface area contributed by atoms with Crippen LogP contribution in [0.4, 0.5) is 0 Å². The van der Waals surface area contributed by atoms with Crippen molar-refractivity contribution in [1.82, 2.24) is 10.6 Å². The Balaban J connectivity index is 1.53. The van der Waals surface area contributed by atoms with Gasteiger partial charge in [0.1, 0.15) is 0 Å². The van der Waals surface area contributed by atoms with E-state index >= 15 is 0 Å². The van der Waals surface area contributed by atoms with Gasteiger partial charge in [0.25, 0.3) is 5.91 Å². The average molecular weight is 362 g/mol. The molecule has 2 aromatic carbocycles. The number of carbonyl (C=O) groups excluding carboxylic acids is 2. The summed E-state index contributed by atoms with van der Waals surface area (Å²) in [6.45, 7) is 0.411. The molecule has 0 atom stereocenters. The zero-order valence-electron chi connectivity index (χ0n) is 14.9. The molecular weight excluding hydrogens is 340 g/mol. The van der Waals surface area contributed by atoms with Gasteiger partial charge < -0.3 is 15.1 Å². The van der Waals surface area contributed by atoms with Crippen molar-refractivity contribution in [2.75, 3.05) is 6.54 Å². The lowest BCUT2D eigenvalue weighted by Gasteiger charge is -2.20. The van der Waals surface area contributed by atoms with E-state index < -0.39 is 0 Å². The fraction of sp³-hybridized carbons (Fsp3) is 0.182. The van der Waals surface area contributed by atoms with Crippen molar-refractivity contribution in [1.29, 1.82) is 0 Å². The van der Waals surface area contributed by atoms with Crippen LogP contribution in [0.2, 0.25) is 0 Å². The fourth-order valence-electron chi connectivity index (χ4n) is 2.83. The first-order valence-corrected chi connectivity index (χ1v) is 8.95. The first-order valence-electron chi connectivity index (χ1n) is 8.95. The smallest absolute Gasteiger partial charge is 0.286 e. The Morgan fingerprint density at radius 2 is 1.48 bits per heavy atom. The van der Waals surface area contributed by atoms with Crippen molar-refractivity contribution in [3.05, 3.63) is 95.9 Å². The summed E-state index contributed by atoms with van der Waals surface area (Å²) in [6, 6.07) is 22.8. The van der Waals surface area contributed by atoms with Gasteiger partial charge in [-0.05, 0) is 29.7 Å². The van der Waals surface area contributed by atoms with Crippen LogP contribution in [0, 0.1) is 0 Å². The summed E-state index contributed by atoms with van der Waals surface area (Å²) in [7, 11) is 0. The van der Waals surface area contributed by atoms with Gasteiger partial charge in [-0.15, -0.1) is 0 Å². The topological polar surface area (TPSA) is 71.3 Å². The van der Waals surface area contributed by atoms with E-state index in [0.29, 0.717) is 19.4 Å². The van der Waals surface area contributed by atoms with E-state index in [9.17, 15) is 9.59 Å². The summed E-state index contributed by atoms with van der Waals surface area (Å²) in [6.07, 6.45) is 2.33. The largest absolute Gasteiger partial charge is 0.459 e. The third-order valence-corrected chi connectivity index (χ3v) is 4.18. The van der Waals surface area contributed by atoms with Crippen LogP contribution in [0.15, 0.2) is 83.5 Å². The Kier molecular flexibility index (Phi) is 6.41. The molecule has 0 radical (unpaired) electrons. The number of amides is 2. The molecule has 5 heteroatoms. The van der Waals surface area contributed by atoms with Gasteiger partial charge in [0.2, 0.25) is 5.91 Å². The van der Waals surface area contributed by atoms with E-state index in [1.807, 2.05) is 60.7 Å². The van der Waals surface area contributed by atoms with Crippen molar-refractivity contribution in [2.24, 2.45) is 0 Å². The third-order valence-electron chi connectivity index (χ3n) is 4.18. The standard InChI is InChI=1S/C22H22N2O3/c25-20(14-7-15-23-22(26)19-13-8-16-27-19)24-21(17-9-3-1-4-10-17)18-11-5-2-6-12-18/h1-6,8-13,16,21H,7,14-15H2,(H,23,26)(H,24,25). The Morgan fingerprint density at radius 3 is 2.04 bits per heavy atom. The highest BCUT2D eigenvalue weighted by molar-refractivity contribution is 5.91. The fourth-order valence-corrected chi connectivity index (χ4v) is 2.83. The first-order chi connectivity index (χ1) is 13.2. The van der Waals surface area contributed by atoms with Gasteiger partial charge in [-0.3, -0.25) is 9.59 Å². The van der Waals surface area contributed by atoms with Crippen LogP contribution in [0.3, 0.4) is 0 Å². The lowest BCUT2D eigenvalue weighted by atomic mass is 9.98. The van der Waals surface area contributed by atoms with Gasteiger partial charge in [-0.1, -0.05) is 60.7 Å². The van der Waals surface area contributed by atoms with Gasteiger partial charge in [-0.2, -0.15) is 0 Å². The molecule has 1 aromatic heterocycles. The zero-order valence-corrected chi connectivity index (χ0v) is 14.9. The monoisotopic (exact) mass is 362 g/mol. The van der Waals surface area contributed by atoms with Crippen molar-refractivity contribution in [2.45, 2.75) is 18.9 Å². The van der Waals surface area contributed by atoms with Crippen molar-refractivity contribution >= 4 is 11.8 Å².